The van der Waals surface area contributed by atoms with Crippen LogP contribution in [0, 0.1) is 0 Å². The van der Waals surface area contributed by atoms with E-state index in [4.69, 9.17) is 0 Å². The number of rotatable bonds is 2. The molecule has 4 heteroatoms. The number of aryl methyl sites for hydroxylation is 1. The fourth-order valence-electron chi connectivity index (χ4n) is 9.82. The summed E-state index contributed by atoms with van der Waals surface area (Å²) in [4.78, 5) is 4.54. The summed E-state index contributed by atoms with van der Waals surface area (Å²) in [5.41, 5.74) is 13.9. The fourth-order valence-corrected chi connectivity index (χ4v) is 9.82. The zero-order valence-electron chi connectivity index (χ0n) is 28.7. The average Bonchev–Trinajstić information content (AvgIpc) is 3.93. The summed E-state index contributed by atoms with van der Waals surface area (Å²) in [7, 11) is 0. The largest absolute Gasteiger partial charge is 0.311 e. The van der Waals surface area contributed by atoms with Gasteiger partial charge in [-0.05, 0) is 101 Å². The lowest BCUT2D eigenvalue weighted by atomic mass is 9.93. The molecule has 5 aromatic heterocycles. The van der Waals surface area contributed by atoms with Gasteiger partial charge in [0.15, 0.2) is 0 Å². The minimum absolute atomic E-state index is 0.980. The van der Waals surface area contributed by atoms with Gasteiger partial charge in [-0.15, -0.1) is 0 Å². The van der Waals surface area contributed by atoms with Gasteiger partial charge in [-0.2, -0.15) is 0 Å². The number of allylic oxidation sites excluding steroid dienone is 1. The Labute approximate surface area is 303 Å². The molecular weight excluding hydrogens is 645 g/mol. The van der Waals surface area contributed by atoms with Gasteiger partial charge in [-0.3, -0.25) is 4.98 Å². The van der Waals surface area contributed by atoms with Crippen molar-refractivity contribution in [2.45, 2.75) is 12.8 Å². The van der Waals surface area contributed by atoms with Gasteiger partial charge in [0.05, 0.1) is 44.8 Å². The van der Waals surface area contributed by atoms with E-state index >= 15 is 0 Å². The molecular formula is C49H30N4. The number of pyridine rings is 1. The van der Waals surface area contributed by atoms with Crippen molar-refractivity contribution in [1.29, 1.82) is 0 Å². The summed E-state index contributed by atoms with van der Waals surface area (Å²) in [5, 5.41) is 12.9. The van der Waals surface area contributed by atoms with Crippen molar-refractivity contribution in [3.05, 3.63) is 163 Å². The lowest BCUT2D eigenvalue weighted by Gasteiger charge is -2.19. The van der Waals surface area contributed by atoms with E-state index in [1.807, 2.05) is 12.4 Å². The molecule has 12 aromatic rings. The zero-order chi connectivity index (χ0) is 34.4. The summed E-state index contributed by atoms with van der Waals surface area (Å²) < 4.78 is 7.39. The molecule has 53 heavy (non-hydrogen) atoms. The van der Waals surface area contributed by atoms with E-state index in [-0.39, 0.29) is 0 Å². The molecule has 0 fully saturated rings. The second kappa shape index (κ2) is 9.90. The third kappa shape index (κ3) is 3.57. The van der Waals surface area contributed by atoms with Crippen LogP contribution in [0.25, 0.3) is 110 Å². The first-order valence-electron chi connectivity index (χ1n) is 18.5. The van der Waals surface area contributed by atoms with Crippen LogP contribution in [0.1, 0.15) is 17.5 Å². The molecule has 0 atom stereocenters. The fraction of sp³-hybridized carbons (Fsp3) is 0.0408. The molecule has 0 amide bonds. The molecule has 0 N–H and O–H groups in total. The quantitative estimate of drug-likeness (QED) is 0.179. The number of aromatic nitrogens is 4. The van der Waals surface area contributed by atoms with Crippen LogP contribution in [0.15, 0.2) is 152 Å². The highest BCUT2D eigenvalue weighted by Gasteiger charge is 2.23. The number of para-hydroxylation sites is 4. The highest BCUT2D eigenvalue weighted by molar-refractivity contribution is 6.25. The van der Waals surface area contributed by atoms with Crippen molar-refractivity contribution in [3.63, 3.8) is 0 Å². The summed E-state index contributed by atoms with van der Waals surface area (Å²) in [5.74, 6) is 0. The Kier molecular flexibility index (Phi) is 5.19. The topological polar surface area (TPSA) is 27.2 Å². The average molecular weight is 675 g/mol. The third-order valence-corrected chi connectivity index (χ3v) is 12.1. The van der Waals surface area contributed by atoms with E-state index in [0.717, 1.165) is 12.8 Å². The number of hydrogen-bond acceptors (Lipinski definition) is 1. The molecule has 1 aliphatic carbocycles. The second-order valence-corrected chi connectivity index (χ2v) is 14.8. The van der Waals surface area contributed by atoms with Gasteiger partial charge in [-0.1, -0.05) is 78.9 Å². The van der Waals surface area contributed by atoms with E-state index in [2.05, 4.69) is 164 Å². The summed E-state index contributed by atoms with van der Waals surface area (Å²) in [6.45, 7) is 0. The Bertz CT molecular complexity index is 3460. The van der Waals surface area contributed by atoms with Crippen LogP contribution < -0.4 is 0 Å². The van der Waals surface area contributed by atoms with Crippen LogP contribution >= 0.6 is 0 Å². The van der Waals surface area contributed by atoms with Crippen LogP contribution in [0.2, 0.25) is 0 Å². The maximum atomic E-state index is 4.54. The van der Waals surface area contributed by atoms with Crippen LogP contribution in [-0.4, -0.2) is 18.5 Å². The maximum Gasteiger partial charge on any atom is 0.0721 e. The van der Waals surface area contributed by atoms with Gasteiger partial charge in [0.1, 0.15) is 0 Å². The smallest absolute Gasteiger partial charge is 0.0721 e. The van der Waals surface area contributed by atoms with E-state index in [9.17, 15) is 0 Å². The van der Waals surface area contributed by atoms with Crippen LogP contribution in [0.3, 0.4) is 0 Å². The second-order valence-electron chi connectivity index (χ2n) is 14.8. The van der Waals surface area contributed by atoms with E-state index in [1.54, 1.807) is 0 Å². The molecule has 13 rings (SSSR count). The lowest BCUT2D eigenvalue weighted by Crippen LogP contribution is -2.05. The Balaban J connectivity index is 1.06. The number of hydrogen-bond donors (Lipinski definition) is 0. The molecule has 246 valence electrons. The van der Waals surface area contributed by atoms with Gasteiger partial charge in [-0.25, -0.2) is 0 Å². The van der Waals surface area contributed by atoms with Crippen molar-refractivity contribution in [2.75, 3.05) is 0 Å². The molecule has 0 bridgehead atoms. The first kappa shape index (κ1) is 27.8. The number of nitrogens with zero attached hydrogens (tertiary/aromatic N) is 4. The minimum Gasteiger partial charge on any atom is -0.311 e. The van der Waals surface area contributed by atoms with Gasteiger partial charge < -0.3 is 13.5 Å². The van der Waals surface area contributed by atoms with Gasteiger partial charge in [0.25, 0.3) is 0 Å². The Morgan fingerprint density at radius 1 is 0.434 bits per heavy atom. The van der Waals surface area contributed by atoms with Crippen molar-refractivity contribution >= 4 is 104 Å². The Hall–Kier alpha value is -6.91. The molecule has 7 aromatic carbocycles. The summed E-state index contributed by atoms with van der Waals surface area (Å²) in [6, 6.07) is 51.9. The standard InChI is InChI=1S/C49H30N4/c1-4-13-43-35(8-1)36-9-2-5-14-44(36)51(43)33-18-16-29-24-41-39-11-7-12-40-42-25-30-17-19-34(52-45-15-6-3-10-37(45)38-20-21-50-28-48(38)52)23-32(30)27-47(42)53(49(39)40)46(41)26-31(29)22-33/h1-16,18,20-28H,17,19H2. The van der Waals surface area contributed by atoms with E-state index in [0.29, 0.717) is 0 Å². The summed E-state index contributed by atoms with van der Waals surface area (Å²) in [6.07, 6.45) is 8.34. The molecule has 0 spiro atoms. The van der Waals surface area contributed by atoms with Crippen LogP contribution in [0.5, 0.6) is 0 Å². The molecule has 0 unspecified atom stereocenters. The van der Waals surface area contributed by atoms with Crippen molar-refractivity contribution in [2.24, 2.45) is 0 Å². The normalized spacial score (nSPS) is 13.6. The van der Waals surface area contributed by atoms with E-state index < -0.39 is 0 Å². The molecule has 0 aliphatic heterocycles. The SMILES string of the molecule is C1=C(n2c3ccccc3c3ccncc32)CCc2cc3c4cccc5c6cc7ccc(-n8c9ccccc9c9ccccc98)cc7cc6n(c3cc21)c45. The molecule has 1 aliphatic rings. The van der Waals surface area contributed by atoms with Gasteiger partial charge in [0.2, 0.25) is 0 Å². The third-order valence-electron chi connectivity index (χ3n) is 12.1. The zero-order valence-corrected chi connectivity index (χ0v) is 28.7. The highest BCUT2D eigenvalue weighted by Crippen LogP contribution is 2.43. The van der Waals surface area contributed by atoms with Crippen LogP contribution in [-0.2, 0) is 6.42 Å². The maximum absolute atomic E-state index is 4.54. The predicted molar refractivity (Wildman–Crippen MR) is 223 cm³/mol. The number of benzene rings is 7. The first-order valence-corrected chi connectivity index (χ1v) is 18.5. The Morgan fingerprint density at radius 3 is 1.83 bits per heavy atom. The molecule has 0 radical (unpaired) electrons. The summed E-state index contributed by atoms with van der Waals surface area (Å²) >= 11 is 0. The van der Waals surface area contributed by atoms with Crippen molar-refractivity contribution in [3.8, 4) is 5.69 Å². The predicted octanol–water partition coefficient (Wildman–Crippen LogP) is 12.5. The number of fused-ring (bicyclic) bond motifs is 14. The van der Waals surface area contributed by atoms with Crippen molar-refractivity contribution < 1.29 is 0 Å². The molecule has 0 saturated heterocycles. The minimum atomic E-state index is 0.980. The highest BCUT2D eigenvalue weighted by atomic mass is 15.0. The lowest BCUT2D eigenvalue weighted by molar-refractivity contribution is 0.948. The molecule has 5 heterocycles. The van der Waals surface area contributed by atoms with Crippen molar-refractivity contribution in [1.82, 2.24) is 18.5 Å². The Morgan fingerprint density at radius 2 is 1.08 bits per heavy atom. The van der Waals surface area contributed by atoms with E-state index in [1.165, 1.54) is 115 Å². The van der Waals surface area contributed by atoms with Crippen LogP contribution in [0.4, 0.5) is 0 Å². The van der Waals surface area contributed by atoms with Gasteiger partial charge >= 0.3 is 0 Å². The van der Waals surface area contributed by atoms with Gasteiger partial charge in [0, 0.05) is 60.7 Å². The molecule has 0 saturated carbocycles. The molecule has 4 nitrogen and oxygen atoms in total. The first-order chi connectivity index (χ1) is 26.3. The monoisotopic (exact) mass is 674 g/mol.